The monoisotopic (exact) mass is 396 g/mol. The van der Waals surface area contributed by atoms with E-state index in [4.69, 9.17) is 5.10 Å². The molecular formula is C22H25ClN4O. The zero-order valence-electron chi connectivity index (χ0n) is 15.7. The minimum atomic E-state index is 0. The molecule has 1 fully saturated rings. The number of para-hydroxylation sites is 1. The van der Waals surface area contributed by atoms with Gasteiger partial charge >= 0.3 is 0 Å². The highest BCUT2D eigenvalue weighted by atomic mass is 35.5. The van der Waals surface area contributed by atoms with E-state index < -0.39 is 0 Å². The summed E-state index contributed by atoms with van der Waals surface area (Å²) >= 11 is 0. The maximum absolute atomic E-state index is 12.3. The SMILES string of the molecule is Cl.O=C(CC1CCCN1)NCc1cn(-c2ccccc2)nc1-c1ccccc1. The molecule has 1 unspecified atom stereocenters. The third-order valence-electron chi connectivity index (χ3n) is 4.93. The highest BCUT2D eigenvalue weighted by molar-refractivity contribution is 5.85. The second-order valence-electron chi connectivity index (χ2n) is 6.92. The molecule has 2 aromatic carbocycles. The molecule has 1 aromatic heterocycles. The van der Waals surface area contributed by atoms with Crippen molar-refractivity contribution in [3.63, 3.8) is 0 Å². The topological polar surface area (TPSA) is 59.0 Å². The van der Waals surface area contributed by atoms with Crippen molar-refractivity contribution in [3.05, 3.63) is 72.4 Å². The molecule has 0 spiro atoms. The van der Waals surface area contributed by atoms with Crippen molar-refractivity contribution in [2.75, 3.05) is 6.54 Å². The minimum Gasteiger partial charge on any atom is -0.352 e. The van der Waals surface area contributed by atoms with Crippen molar-refractivity contribution in [1.82, 2.24) is 20.4 Å². The Morgan fingerprint density at radius 3 is 2.50 bits per heavy atom. The van der Waals surface area contributed by atoms with E-state index in [1.807, 2.05) is 71.5 Å². The number of rotatable bonds is 6. The molecule has 1 aliphatic heterocycles. The van der Waals surface area contributed by atoms with Crippen molar-refractivity contribution in [3.8, 4) is 16.9 Å². The summed E-state index contributed by atoms with van der Waals surface area (Å²) in [5.41, 5.74) is 3.97. The molecule has 1 saturated heterocycles. The van der Waals surface area contributed by atoms with E-state index in [-0.39, 0.29) is 18.3 Å². The first-order chi connectivity index (χ1) is 13.3. The van der Waals surface area contributed by atoms with Crippen LogP contribution in [0.15, 0.2) is 66.9 Å². The lowest BCUT2D eigenvalue weighted by Crippen LogP contribution is -2.31. The Morgan fingerprint density at radius 1 is 1.11 bits per heavy atom. The van der Waals surface area contributed by atoms with Crippen LogP contribution in [0.25, 0.3) is 16.9 Å². The van der Waals surface area contributed by atoms with Crippen molar-refractivity contribution in [2.24, 2.45) is 0 Å². The highest BCUT2D eigenvalue weighted by Gasteiger charge is 2.18. The number of nitrogens with zero attached hydrogens (tertiary/aromatic N) is 2. The van der Waals surface area contributed by atoms with Gasteiger partial charge in [-0.1, -0.05) is 48.5 Å². The van der Waals surface area contributed by atoms with Crippen LogP contribution in [0.5, 0.6) is 0 Å². The molecule has 1 aliphatic rings. The van der Waals surface area contributed by atoms with Crippen LogP contribution in [0, 0.1) is 0 Å². The summed E-state index contributed by atoms with van der Waals surface area (Å²) in [4.78, 5) is 12.3. The molecule has 3 aromatic rings. The normalized spacial score (nSPS) is 15.8. The predicted octanol–water partition coefficient (Wildman–Crippen LogP) is 3.72. The predicted molar refractivity (Wildman–Crippen MR) is 114 cm³/mol. The van der Waals surface area contributed by atoms with Gasteiger partial charge in [-0.25, -0.2) is 4.68 Å². The van der Waals surface area contributed by atoms with Crippen LogP contribution in [-0.2, 0) is 11.3 Å². The van der Waals surface area contributed by atoms with E-state index in [0.29, 0.717) is 19.0 Å². The quantitative estimate of drug-likeness (QED) is 0.667. The molecule has 146 valence electrons. The molecule has 4 rings (SSSR count). The number of benzene rings is 2. The van der Waals surface area contributed by atoms with E-state index in [0.717, 1.165) is 41.9 Å². The average molecular weight is 397 g/mol. The molecule has 0 bridgehead atoms. The van der Waals surface area contributed by atoms with E-state index in [9.17, 15) is 4.79 Å². The summed E-state index contributed by atoms with van der Waals surface area (Å²) in [6, 6.07) is 20.4. The third-order valence-corrected chi connectivity index (χ3v) is 4.93. The van der Waals surface area contributed by atoms with Crippen LogP contribution < -0.4 is 10.6 Å². The lowest BCUT2D eigenvalue weighted by molar-refractivity contribution is -0.121. The molecule has 1 amide bonds. The third kappa shape index (κ3) is 4.80. The first kappa shape index (κ1) is 20.1. The van der Waals surface area contributed by atoms with Gasteiger partial charge in [0.25, 0.3) is 0 Å². The second-order valence-corrected chi connectivity index (χ2v) is 6.92. The Balaban J connectivity index is 0.00000225. The molecule has 28 heavy (non-hydrogen) atoms. The average Bonchev–Trinajstić information content (AvgIpc) is 3.37. The number of carbonyl (C=O) groups excluding carboxylic acids is 1. The summed E-state index contributed by atoms with van der Waals surface area (Å²) in [5, 5.41) is 11.2. The van der Waals surface area contributed by atoms with Gasteiger partial charge in [-0.15, -0.1) is 12.4 Å². The number of amides is 1. The summed E-state index contributed by atoms with van der Waals surface area (Å²) in [7, 11) is 0. The summed E-state index contributed by atoms with van der Waals surface area (Å²) in [6.45, 7) is 1.49. The Hall–Kier alpha value is -2.63. The van der Waals surface area contributed by atoms with Crippen molar-refractivity contribution >= 4 is 18.3 Å². The van der Waals surface area contributed by atoms with Gasteiger partial charge in [0.1, 0.15) is 0 Å². The maximum Gasteiger partial charge on any atom is 0.221 e. The first-order valence-electron chi connectivity index (χ1n) is 9.49. The lowest BCUT2D eigenvalue weighted by atomic mass is 10.1. The molecule has 0 radical (unpaired) electrons. The zero-order valence-corrected chi connectivity index (χ0v) is 16.5. The Kier molecular flexibility index (Phi) is 6.85. The molecule has 0 aliphatic carbocycles. The molecule has 2 heterocycles. The molecule has 5 nitrogen and oxygen atoms in total. The number of aromatic nitrogens is 2. The van der Waals surface area contributed by atoms with Crippen LogP contribution in [0.1, 0.15) is 24.8 Å². The van der Waals surface area contributed by atoms with Crippen molar-refractivity contribution in [1.29, 1.82) is 0 Å². The second kappa shape index (κ2) is 9.53. The highest BCUT2D eigenvalue weighted by Crippen LogP contribution is 2.23. The number of nitrogens with one attached hydrogen (secondary N) is 2. The van der Waals surface area contributed by atoms with Gasteiger partial charge in [0.15, 0.2) is 0 Å². The zero-order chi connectivity index (χ0) is 18.5. The number of carbonyl (C=O) groups is 1. The summed E-state index contributed by atoms with van der Waals surface area (Å²) < 4.78 is 1.88. The Labute approximate surface area is 171 Å². The Morgan fingerprint density at radius 2 is 1.82 bits per heavy atom. The van der Waals surface area contributed by atoms with Crippen LogP contribution in [-0.4, -0.2) is 28.3 Å². The fourth-order valence-electron chi connectivity index (χ4n) is 3.51. The fraction of sp³-hybridized carbons (Fsp3) is 0.273. The van der Waals surface area contributed by atoms with Crippen LogP contribution in [0.4, 0.5) is 0 Å². The number of hydrogen-bond acceptors (Lipinski definition) is 3. The van der Waals surface area contributed by atoms with Gasteiger partial charge in [0.2, 0.25) is 5.91 Å². The van der Waals surface area contributed by atoms with Crippen molar-refractivity contribution in [2.45, 2.75) is 31.8 Å². The molecule has 1 atom stereocenters. The van der Waals surface area contributed by atoms with Gasteiger partial charge in [-0.05, 0) is 31.5 Å². The van der Waals surface area contributed by atoms with Gasteiger partial charge < -0.3 is 10.6 Å². The molecule has 2 N–H and O–H groups in total. The first-order valence-corrected chi connectivity index (χ1v) is 9.49. The fourth-order valence-corrected chi connectivity index (χ4v) is 3.51. The van der Waals surface area contributed by atoms with Gasteiger partial charge in [0, 0.05) is 36.3 Å². The molecule has 0 saturated carbocycles. The minimum absolute atomic E-state index is 0. The van der Waals surface area contributed by atoms with Crippen LogP contribution in [0.2, 0.25) is 0 Å². The van der Waals surface area contributed by atoms with E-state index in [1.165, 1.54) is 0 Å². The van der Waals surface area contributed by atoms with Gasteiger partial charge in [-0.2, -0.15) is 5.10 Å². The standard InChI is InChI=1S/C22H24N4O.ClH/c27-21(14-19-10-7-13-23-19)24-15-18-16-26(20-11-5-2-6-12-20)25-22(18)17-8-3-1-4-9-17;/h1-6,8-9,11-12,16,19,23H,7,10,13-15H2,(H,24,27);1H. The molecule has 6 heteroatoms. The lowest BCUT2D eigenvalue weighted by Gasteiger charge is -2.10. The summed E-state index contributed by atoms with van der Waals surface area (Å²) in [5.74, 6) is 0.0841. The molecular weight excluding hydrogens is 372 g/mol. The van der Waals surface area contributed by atoms with Crippen LogP contribution >= 0.6 is 12.4 Å². The van der Waals surface area contributed by atoms with E-state index in [2.05, 4.69) is 10.6 Å². The number of hydrogen-bond donors (Lipinski definition) is 2. The summed E-state index contributed by atoms with van der Waals surface area (Å²) in [6.07, 6.45) is 4.77. The van der Waals surface area contributed by atoms with Crippen molar-refractivity contribution < 1.29 is 4.79 Å². The maximum atomic E-state index is 12.3. The van der Waals surface area contributed by atoms with Crippen LogP contribution in [0.3, 0.4) is 0 Å². The van der Waals surface area contributed by atoms with E-state index in [1.54, 1.807) is 0 Å². The smallest absolute Gasteiger partial charge is 0.221 e. The Bertz CT molecular complexity index is 889. The van der Waals surface area contributed by atoms with Gasteiger partial charge in [0.05, 0.1) is 11.4 Å². The van der Waals surface area contributed by atoms with E-state index >= 15 is 0 Å². The largest absolute Gasteiger partial charge is 0.352 e. The number of halogens is 1. The van der Waals surface area contributed by atoms with Gasteiger partial charge in [-0.3, -0.25) is 4.79 Å².